The molecule has 0 aliphatic carbocycles. The molecule has 0 radical (unpaired) electrons. The highest BCUT2D eigenvalue weighted by atomic mass is 19.1. The number of rotatable bonds is 6. The summed E-state index contributed by atoms with van der Waals surface area (Å²) in [6, 6.07) is 4.41. The molecule has 0 saturated carbocycles. The highest BCUT2D eigenvalue weighted by Crippen LogP contribution is 2.11. The minimum absolute atomic E-state index is 0.00197. The maximum absolute atomic E-state index is 13.1. The van der Waals surface area contributed by atoms with Crippen LogP contribution in [-0.2, 0) is 16.1 Å². The number of halogens is 1. The van der Waals surface area contributed by atoms with Gasteiger partial charge in [-0.15, -0.1) is 0 Å². The summed E-state index contributed by atoms with van der Waals surface area (Å²) in [5.41, 5.74) is 1.43. The fourth-order valence-corrected chi connectivity index (χ4v) is 1.33. The van der Waals surface area contributed by atoms with E-state index in [2.05, 4.69) is 11.8 Å². The van der Waals surface area contributed by atoms with Gasteiger partial charge in [-0.05, 0) is 17.7 Å². The van der Waals surface area contributed by atoms with Crippen LogP contribution in [0.2, 0.25) is 0 Å². The molecule has 1 aromatic carbocycles. The van der Waals surface area contributed by atoms with Crippen LogP contribution in [-0.4, -0.2) is 32.0 Å². The molecule has 0 spiro atoms. The van der Waals surface area contributed by atoms with Crippen molar-refractivity contribution in [2.75, 3.05) is 26.9 Å². The van der Waals surface area contributed by atoms with Crippen LogP contribution in [0.1, 0.15) is 17.5 Å². The first-order valence-corrected chi connectivity index (χ1v) is 5.72. The van der Waals surface area contributed by atoms with Crippen molar-refractivity contribution in [3.8, 4) is 11.8 Å². The van der Waals surface area contributed by atoms with Crippen molar-refractivity contribution in [2.45, 2.75) is 13.0 Å². The maximum atomic E-state index is 13.1. The number of aliphatic hydroxyl groups excluding tert-OH is 1. The third kappa shape index (κ3) is 5.28. The number of hydrogen-bond acceptors (Lipinski definition) is 3. The van der Waals surface area contributed by atoms with E-state index in [0.717, 1.165) is 5.56 Å². The fourth-order valence-electron chi connectivity index (χ4n) is 1.33. The van der Waals surface area contributed by atoms with Gasteiger partial charge in [0.15, 0.2) is 0 Å². The van der Waals surface area contributed by atoms with Crippen LogP contribution in [0.5, 0.6) is 0 Å². The first-order chi connectivity index (χ1) is 8.77. The molecular weight excluding hydrogens is 235 g/mol. The minimum Gasteiger partial charge on any atom is -0.395 e. The molecule has 0 aliphatic rings. The summed E-state index contributed by atoms with van der Waals surface area (Å²) in [5.74, 6) is 5.28. The summed E-state index contributed by atoms with van der Waals surface area (Å²) >= 11 is 0. The molecule has 0 fully saturated rings. The topological polar surface area (TPSA) is 38.7 Å². The molecule has 0 atom stereocenters. The van der Waals surface area contributed by atoms with Crippen molar-refractivity contribution in [1.82, 2.24) is 0 Å². The van der Waals surface area contributed by atoms with E-state index in [9.17, 15) is 4.39 Å². The molecule has 0 unspecified atom stereocenters. The molecular formula is C14H17FO3. The zero-order chi connectivity index (χ0) is 13.2. The average molecular weight is 252 g/mol. The quantitative estimate of drug-likeness (QED) is 0.619. The molecule has 0 aliphatic heterocycles. The molecule has 0 saturated heterocycles. The molecule has 0 bridgehead atoms. The van der Waals surface area contributed by atoms with Crippen LogP contribution in [0.15, 0.2) is 18.2 Å². The Hall–Kier alpha value is -1.41. The number of hydrogen-bond donors (Lipinski definition) is 1. The maximum Gasteiger partial charge on any atom is 0.124 e. The van der Waals surface area contributed by atoms with Gasteiger partial charge in [0.05, 0.1) is 26.4 Å². The Balaban J connectivity index is 2.68. The third-order valence-electron chi connectivity index (χ3n) is 2.22. The zero-order valence-corrected chi connectivity index (χ0v) is 10.4. The van der Waals surface area contributed by atoms with Crippen molar-refractivity contribution in [1.29, 1.82) is 0 Å². The lowest BCUT2D eigenvalue weighted by Gasteiger charge is -2.06. The summed E-state index contributed by atoms with van der Waals surface area (Å²) < 4.78 is 23.4. The number of methoxy groups -OCH3 is 1. The van der Waals surface area contributed by atoms with E-state index in [1.165, 1.54) is 12.1 Å². The smallest absolute Gasteiger partial charge is 0.124 e. The Bertz CT molecular complexity index is 421. The largest absolute Gasteiger partial charge is 0.395 e. The van der Waals surface area contributed by atoms with Gasteiger partial charge in [-0.1, -0.05) is 17.9 Å². The molecule has 1 rings (SSSR count). The second-order valence-electron chi connectivity index (χ2n) is 3.62. The Kier molecular flexibility index (Phi) is 7.04. The lowest BCUT2D eigenvalue weighted by molar-refractivity contribution is 0.0615. The predicted molar refractivity (Wildman–Crippen MR) is 66.5 cm³/mol. The Labute approximate surface area is 107 Å². The highest BCUT2D eigenvalue weighted by Gasteiger charge is 2.02. The van der Waals surface area contributed by atoms with Crippen LogP contribution in [0.25, 0.3) is 0 Å². The second kappa shape index (κ2) is 8.65. The van der Waals surface area contributed by atoms with Gasteiger partial charge in [0, 0.05) is 19.1 Å². The first-order valence-electron chi connectivity index (χ1n) is 5.72. The van der Waals surface area contributed by atoms with Crippen molar-refractivity contribution in [2.24, 2.45) is 0 Å². The van der Waals surface area contributed by atoms with E-state index in [4.69, 9.17) is 14.6 Å². The average Bonchev–Trinajstić information content (AvgIpc) is 2.37. The first kappa shape index (κ1) is 14.7. The lowest BCUT2D eigenvalue weighted by atomic mass is 10.1. The van der Waals surface area contributed by atoms with Gasteiger partial charge in [-0.2, -0.15) is 0 Å². The van der Waals surface area contributed by atoms with Crippen LogP contribution in [0.3, 0.4) is 0 Å². The van der Waals surface area contributed by atoms with E-state index in [1.54, 1.807) is 13.2 Å². The van der Waals surface area contributed by atoms with Gasteiger partial charge in [0.2, 0.25) is 0 Å². The minimum atomic E-state index is -0.330. The lowest BCUT2D eigenvalue weighted by Crippen LogP contribution is -2.03. The number of ether oxygens (including phenoxy) is 2. The Morgan fingerprint density at radius 2 is 2.17 bits per heavy atom. The van der Waals surface area contributed by atoms with Crippen LogP contribution >= 0.6 is 0 Å². The summed E-state index contributed by atoms with van der Waals surface area (Å²) in [7, 11) is 1.60. The van der Waals surface area contributed by atoms with Crippen molar-refractivity contribution in [3.05, 3.63) is 35.1 Å². The summed E-state index contributed by atoms with van der Waals surface area (Å²) in [6.45, 7) is 1.37. The van der Waals surface area contributed by atoms with E-state index in [0.29, 0.717) is 31.8 Å². The van der Waals surface area contributed by atoms with Gasteiger partial charge in [-0.25, -0.2) is 4.39 Å². The SMILES string of the molecule is COCCOCc1ccc(F)cc1C#CCCO. The summed E-state index contributed by atoms with van der Waals surface area (Å²) in [6.07, 6.45) is 0.375. The molecule has 98 valence electrons. The monoisotopic (exact) mass is 252 g/mol. The van der Waals surface area contributed by atoms with Gasteiger partial charge in [0.25, 0.3) is 0 Å². The standard InChI is InChI=1S/C14H17FO3/c1-17-8-9-18-11-13-5-6-14(15)10-12(13)4-2-3-7-16/h5-6,10,16H,3,7-9,11H2,1H3. The molecule has 0 heterocycles. The summed E-state index contributed by atoms with van der Waals surface area (Å²) in [4.78, 5) is 0. The van der Waals surface area contributed by atoms with Crippen molar-refractivity contribution >= 4 is 0 Å². The van der Waals surface area contributed by atoms with Crippen LogP contribution in [0, 0.1) is 17.7 Å². The zero-order valence-electron chi connectivity index (χ0n) is 10.4. The van der Waals surface area contributed by atoms with E-state index in [1.807, 2.05) is 0 Å². The molecule has 18 heavy (non-hydrogen) atoms. The van der Waals surface area contributed by atoms with Crippen LogP contribution in [0.4, 0.5) is 4.39 Å². The molecule has 0 aromatic heterocycles. The van der Waals surface area contributed by atoms with E-state index < -0.39 is 0 Å². The molecule has 1 aromatic rings. The molecule has 0 amide bonds. The second-order valence-corrected chi connectivity index (χ2v) is 3.62. The van der Waals surface area contributed by atoms with E-state index >= 15 is 0 Å². The van der Waals surface area contributed by atoms with Crippen LogP contribution < -0.4 is 0 Å². The predicted octanol–water partition coefficient (Wildman–Crippen LogP) is 1.72. The fraction of sp³-hybridized carbons (Fsp3) is 0.429. The van der Waals surface area contributed by atoms with Gasteiger partial charge in [0.1, 0.15) is 5.82 Å². The van der Waals surface area contributed by atoms with Crippen molar-refractivity contribution < 1.29 is 19.0 Å². The molecule has 3 nitrogen and oxygen atoms in total. The van der Waals surface area contributed by atoms with E-state index in [-0.39, 0.29) is 12.4 Å². The summed E-state index contributed by atoms with van der Waals surface area (Å²) in [5, 5.41) is 8.65. The van der Waals surface area contributed by atoms with Gasteiger partial charge in [-0.3, -0.25) is 0 Å². The number of benzene rings is 1. The molecule has 1 N–H and O–H groups in total. The highest BCUT2D eigenvalue weighted by molar-refractivity contribution is 5.41. The van der Waals surface area contributed by atoms with Crippen molar-refractivity contribution in [3.63, 3.8) is 0 Å². The normalized spacial score (nSPS) is 9.94. The van der Waals surface area contributed by atoms with Gasteiger partial charge >= 0.3 is 0 Å². The Morgan fingerprint density at radius 3 is 2.89 bits per heavy atom. The third-order valence-corrected chi connectivity index (χ3v) is 2.22. The Morgan fingerprint density at radius 1 is 1.33 bits per heavy atom. The number of aliphatic hydroxyl groups is 1. The molecule has 4 heteroatoms. The van der Waals surface area contributed by atoms with Gasteiger partial charge < -0.3 is 14.6 Å².